The van der Waals surface area contributed by atoms with Crippen LogP contribution in [0.1, 0.15) is 77.0 Å². The number of amides is 1. The molecule has 1 heterocycles. The van der Waals surface area contributed by atoms with Gasteiger partial charge in [-0.15, -0.1) is 0 Å². The van der Waals surface area contributed by atoms with Gasteiger partial charge in [0.2, 0.25) is 5.91 Å². The summed E-state index contributed by atoms with van der Waals surface area (Å²) in [6.07, 6.45) is 9.23. The van der Waals surface area contributed by atoms with Gasteiger partial charge in [-0.25, -0.2) is 18.4 Å². The monoisotopic (exact) mass is 520 g/mol. The van der Waals surface area contributed by atoms with Crippen molar-refractivity contribution in [3.05, 3.63) is 46.9 Å². The van der Waals surface area contributed by atoms with E-state index in [2.05, 4.69) is 20.4 Å². The molecule has 190 valence electrons. The second-order valence-electron chi connectivity index (χ2n) is 10.1. The van der Waals surface area contributed by atoms with Gasteiger partial charge in [-0.05, 0) is 57.7 Å². The average Bonchev–Trinajstić information content (AvgIpc) is 3.28. The SMILES string of the molecule is C/C(=N/OC(C)(C)C)c1cnc(NC(=O)C(CC2CCCC2)c2ccc(S(C)(=O)=O)c(Cl)c2)cn1. The largest absolute Gasteiger partial charge is 0.390 e. The molecular weight excluding hydrogens is 488 g/mol. The van der Waals surface area contributed by atoms with Crippen LogP contribution < -0.4 is 5.32 Å². The summed E-state index contributed by atoms with van der Waals surface area (Å²) in [5.74, 6) is 0.0190. The lowest BCUT2D eigenvalue weighted by Crippen LogP contribution is -2.24. The summed E-state index contributed by atoms with van der Waals surface area (Å²) in [7, 11) is -3.46. The number of nitrogens with zero attached hydrogens (tertiary/aromatic N) is 3. The van der Waals surface area contributed by atoms with E-state index in [0.717, 1.165) is 31.9 Å². The fourth-order valence-electron chi connectivity index (χ4n) is 4.05. The summed E-state index contributed by atoms with van der Waals surface area (Å²) in [6, 6.07) is 4.73. The lowest BCUT2D eigenvalue weighted by molar-refractivity contribution is -0.118. The molecule has 1 aromatic heterocycles. The number of aromatic nitrogens is 2. The van der Waals surface area contributed by atoms with E-state index in [9.17, 15) is 13.2 Å². The van der Waals surface area contributed by atoms with Crippen molar-refractivity contribution in [2.75, 3.05) is 11.6 Å². The highest BCUT2D eigenvalue weighted by Gasteiger charge is 2.28. The van der Waals surface area contributed by atoms with Crippen molar-refractivity contribution in [2.24, 2.45) is 11.1 Å². The lowest BCUT2D eigenvalue weighted by atomic mass is 9.87. The van der Waals surface area contributed by atoms with Gasteiger partial charge in [-0.3, -0.25) is 4.79 Å². The number of hydrogen-bond acceptors (Lipinski definition) is 7. The van der Waals surface area contributed by atoms with Crippen LogP contribution in [0.5, 0.6) is 0 Å². The molecule has 1 aliphatic carbocycles. The van der Waals surface area contributed by atoms with Gasteiger partial charge in [0.1, 0.15) is 17.0 Å². The van der Waals surface area contributed by atoms with Gasteiger partial charge in [0.05, 0.1) is 28.2 Å². The molecule has 8 nitrogen and oxygen atoms in total. The molecule has 0 spiro atoms. The van der Waals surface area contributed by atoms with E-state index in [1.807, 2.05) is 20.8 Å². The van der Waals surface area contributed by atoms with Crippen LogP contribution in [0.15, 0.2) is 40.6 Å². The third-order valence-corrected chi connectivity index (χ3v) is 7.43. The molecule has 35 heavy (non-hydrogen) atoms. The number of sulfone groups is 1. The molecule has 1 atom stereocenters. The van der Waals surface area contributed by atoms with Gasteiger partial charge >= 0.3 is 0 Å². The highest BCUT2D eigenvalue weighted by Crippen LogP contribution is 2.36. The minimum atomic E-state index is -3.46. The van der Waals surface area contributed by atoms with Crippen molar-refractivity contribution in [2.45, 2.75) is 76.2 Å². The van der Waals surface area contributed by atoms with Crippen molar-refractivity contribution >= 4 is 38.9 Å². The molecule has 3 rings (SSSR count). The first-order valence-corrected chi connectivity index (χ1v) is 14.0. The van der Waals surface area contributed by atoms with Gasteiger partial charge in [0.15, 0.2) is 15.7 Å². The summed E-state index contributed by atoms with van der Waals surface area (Å²) in [6.45, 7) is 7.48. The third-order valence-electron chi connectivity index (χ3n) is 5.85. The van der Waals surface area contributed by atoms with Crippen molar-refractivity contribution in [3.63, 3.8) is 0 Å². The van der Waals surface area contributed by atoms with Crippen LogP contribution in [-0.2, 0) is 19.5 Å². The Bertz CT molecular complexity index is 1180. The Labute approximate surface area is 212 Å². The van der Waals surface area contributed by atoms with Crippen LogP contribution in [-0.4, -0.2) is 41.9 Å². The molecule has 1 fully saturated rings. The number of anilines is 1. The van der Waals surface area contributed by atoms with E-state index in [4.69, 9.17) is 16.4 Å². The summed E-state index contributed by atoms with van der Waals surface area (Å²) in [4.78, 5) is 27.5. The zero-order valence-electron chi connectivity index (χ0n) is 20.8. The molecule has 1 aromatic carbocycles. The highest BCUT2D eigenvalue weighted by molar-refractivity contribution is 7.90. The van der Waals surface area contributed by atoms with Gasteiger partial charge in [-0.1, -0.05) is 48.5 Å². The molecule has 1 saturated carbocycles. The Hall–Kier alpha value is -2.52. The molecule has 1 unspecified atom stereocenters. The second kappa shape index (κ2) is 11.0. The Morgan fingerprint density at radius 2 is 1.91 bits per heavy atom. The van der Waals surface area contributed by atoms with Gasteiger partial charge in [0.25, 0.3) is 0 Å². The zero-order chi connectivity index (χ0) is 25.8. The van der Waals surface area contributed by atoms with Crippen molar-refractivity contribution in [1.82, 2.24) is 9.97 Å². The smallest absolute Gasteiger partial charge is 0.233 e. The molecule has 1 N–H and O–H groups in total. The lowest BCUT2D eigenvalue weighted by Gasteiger charge is -2.21. The van der Waals surface area contributed by atoms with E-state index in [-0.39, 0.29) is 15.8 Å². The first kappa shape index (κ1) is 27.1. The predicted molar refractivity (Wildman–Crippen MR) is 138 cm³/mol. The Morgan fingerprint density at radius 3 is 2.46 bits per heavy atom. The molecule has 10 heteroatoms. The number of nitrogens with one attached hydrogen (secondary N) is 1. The predicted octanol–water partition coefficient (Wildman–Crippen LogP) is 5.38. The Kier molecular flexibility index (Phi) is 8.54. The summed E-state index contributed by atoms with van der Waals surface area (Å²) in [5, 5.41) is 7.06. The molecule has 1 aliphatic rings. The molecule has 0 aliphatic heterocycles. The molecule has 0 radical (unpaired) electrons. The number of rotatable bonds is 8. The number of oxime groups is 1. The maximum absolute atomic E-state index is 13.3. The molecule has 2 aromatic rings. The highest BCUT2D eigenvalue weighted by atomic mass is 35.5. The van der Waals surface area contributed by atoms with Gasteiger partial charge < -0.3 is 10.2 Å². The summed E-state index contributed by atoms with van der Waals surface area (Å²) in [5.41, 5.74) is 1.38. The maximum atomic E-state index is 13.3. The fraction of sp³-hybridized carbons (Fsp3) is 0.520. The number of hydrogen-bond donors (Lipinski definition) is 1. The van der Waals surface area contributed by atoms with Crippen LogP contribution in [0.3, 0.4) is 0 Å². The average molecular weight is 521 g/mol. The normalized spacial score (nSPS) is 16.2. The summed E-state index contributed by atoms with van der Waals surface area (Å²) < 4.78 is 23.9. The molecular formula is C25H33ClN4O4S. The first-order valence-electron chi connectivity index (χ1n) is 11.7. The topological polar surface area (TPSA) is 111 Å². The van der Waals surface area contributed by atoms with Crippen LogP contribution in [0, 0.1) is 5.92 Å². The Morgan fingerprint density at radius 1 is 1.23 bits per heavy atom. The van der Waals surface area contributed by atoms with Crippen LogP contribution in [0.2, 0.25) is 5.02 Å². The molecule has 0 saturated heterocycles. The number of carbonyl (C=O) groups excluding carboxylic acids is 1. The van der Waals surface area contributed by atoms with Crippen molar-refractivity contribution < 1.29 is 18.0 Å². The molecule has 1 amide bonds. The van der Waals surface area contributed by atoms with Crippen molar-refractivity contribution in [1.29, 1.82) is 0 Å². The van der Waals surface area contributed by atoms with Crippen LogP contribution >= 0.6 is 11.6 Å². The van der Waals surface area contributed by atoms with Crippen LogP contribution in [0.25, 0.3) is 0 Å². The number of halogens is 1. The molecule has 0 bridgehead atoms. The second-order valence-corrected chi connectivity index (χ2v) is 12.4. The van der Waals surface area contributed by atoms with E-state index in [1.165, 1.54) is 18.5 Å². The van der Waals surface area contributed by atoms with E-state index in [1.54, 1.807) is 19.1 Å². The standard InChI is InChI=1S/C25H33ClN4O4S/c1-16(30-34-25(2,3)4)21-14-28-23(15-27-21)29-24(31)19(12-17-8-6-7-9-17)18-10-11-22(20(26)13-18)35(5,32)33/h10-11,13-15,17,19H,6-9,12H2,1-5H3,(H,28,29,31)/b30-16-. The van der Waals surface area contributed by atoms with Crippen molar-refractivity contribution in [3.8, 4) is 0 Å². The quantitative estimate of drug-likeness (QED) is 0.369. The van der Waals surface area contributed by atoms with Gasteiger partial charge in [-0.2, -0.15) is 0 Å². The van der Waals surface area contributed by atoms with E-state index in [0.29, 0.717) is 35.1 Å². The minimum absolute atomic E-state index is 0.0527. The van der Waals surface area contributed by atoms with E-state index < -0.39 is 21.4 Å². The Balaban J connectivity index is 1.80. The maximum Gasteiger partial charge on any atom is 0.233 e. The third kappa shape index (κ3) is 7.73. The fourth-order valence-corrected chi connectivity index (χ4v) is 5.39. The zero-order valence-corrected chi connectivity index (χ0v) is 22.4. The minimum Gasteiger partial charge on any atom is -0.390 e. The number of carbonyl (C=O) groups is 1. The number of benzene rings is 1. The van der Waals surface area contributed by atoms with Gasteiger partial charge in [0, 0.05) is 6.26 Å². The van der Waals surface area contributed by atoms with Crippen LogP contribution in [0.4, 0.5) is 5.82 Å². The van der Waals surface area contributed by atoms with E-state index >= 15 is 0 Å². The summed E-state index contributed by atoms with van der Waals surface area (Å²) >= 11 is 6.29. The first-order chi connectivity index (χ1) is 16.3.